The summed E-state index contributed by atoms with van der Waals surface area (Å²) in [5.41, 5.74) is 11.6. The van der Waals surface area contributed by atoms with Crippen LogP contribution in [0.5, 0.6) is 0 Å². The molecule has 0 amide bonds. The van der Waals surface area contributed by atoms with Gasteiger partial charge in [0.15, 0.2) is 17.5 Å². The van der Waals surface area contributed by atoms with E-state index >= 15 is 0 Å². The average Bonchev–Trinajstić information content (AvgIpc) is 3.67. The lowest BCUT2D eigenvalue weighted by atomic mass is 9.93. The molecule has 0 aliphatic heterocycles. The summed E-state index contributed by atoms with van der Waals surface area (Å²) in [5, 5.41) is 5.60. The Hall–Kier alpha value is -7.43. The van der Waals surface area contributed by atoms with Crippen LogP contribution in [0.1, 0.15) is 18.2 Å². The van der Waals surface area contributed by atoms with Gasteiger partial charge in [-0.25, -0.2) is 15.0 Å². The molecule has 274 valence electrons. The first kappa shape index (κ1) is 33.9. The molecule has 8 aromatic carbocycles. The highest BCUT2D eigenvalue weighted by Gasteiger charge is 2.23. The van der Waals surface area contributed by atoms with Crippen LogP contribution in [0, 0.1) is 5.92 Å². The number of fused-ring (bicyclic) bond motifs is 6. The molecule has 11 rings (SSSR count). The van der Waals surface area contributed by atoms with Crippen LogP contribution in [0.15, 0.2) is 186 Å². The summed E-state index contributed by atoms with van der Waals surface area (Å²) < 4.78 is 6.68. The second kappa shape index (κ2) is 13.9. The van der Waals surface area contributed by atoms with E-state index in [1.807, 2.05) is 6.07 Å². The first-order valence-electron chi connectivity index (χ1n) is 19.9. The molecule has 4 heteroatoms. The van der Waals surface area contributed by atoms with E-state index in [4.69, 9.17) is 19.4 Å². The summed E-state index contributed by atoms with van der Waals surface area (Å²) in [6.45, 7) is 2.22. The van der Waals surface area contributed by atoms with E-state index in [2.05, 4.69) is 189 Å². The molecular weight excluding hydrogens is 707 g/mol. The molecule has 1 atom stereocenters. The monoisotopic (exact) mass is 743 g/mol. The van der Waals surface area contributed by atoms with Crippen LogP contribution in [-0.2, 0) is 6.42 Å². The summed E-state index contributed by atoms with van der Waals surface area (Å²) in [6.07, 6.45) is 5.33. The summed E-state index contributed by atoms with van der Waals surface area (Å²) >= 11 is 0. The predicted octanol–water partition coefficient (Wildman–Crippen LogP) is 14.1. The molecule has 2 aromatic heterocycles. The SMILES string of the molecule is CC1C=Cc2c(oc3c(-c4nc(-c5ccccc5-c5ccccc5)nc(-c5cc6ccc(-c7ccc(-c8ccccc8)cc7)cc6c6ccccc56)n4)cccc23)C1. The number of hydrogen-bond donors (Lipinski definition) is 0. The minimum absolute atomic E-state index is 0.416. The second-order valence-corrected chi connectivity index (χ2v) is 15.2. The van der Waals surface area contributed by atoms with Crippen molar-refractivity contribution in [2.45, 2.75) is 13.3 Å². The fourth-order valence-corrected chi connectivity index (χ4v) is 8.56. The predicted molar refractivity (Wildman–Crippen MR) is 239 cm³/mol. The van der Waals surface area contributed by atoms with Gasteiger partial charge in [-0.15, -0.1) is 0 Å². The third-order valence-electron chi connectivity index (χ3n) is 11.5. The zero-order valence-electron chi connectivity index (χ0n) is 31.9. The van der Waals surface area contributed by atoms with Crippen LogP contribution in [-0.4, -0.2) is 15.0 Å². The van der Waals surface area contributed by atoms with E-state index in [1.165, 1.54) is 27.6 Å². The molecular formula is C54H37N3O. The highest BCUT2D eigenvalue weighted by atomic mass is 16.3. The van der Waals surface area contributed by atoms with Gasteiger partial charge in [0.1, 0.15) is 11.3 Å². The van der Waals surface area contributed by atoms with Crippen molar-refractivity contribution >= 4 is 38.6 Å². The smallest absolute Gasteiger partial charge is 0.167 e. The van der Waals surface area contributed by atoms with Crippen molar-refractivity contribution in [2.24, 2.45) is 5.92 Å². The number of nitrogens with zero attached hydrogens (tertiary/aromatic N) is 3. The number of aromatic nitrogens is 3. The van der Waals surface area contributed by atoms with E-state index in [-0.39, 0.29) is 0 Å². The van der Waals surface area contributed by atoms with Gasteiger partial charge >= 0.3 is 0 Å². The van der Waals surface area contributed by atoms with Gasteiger partial charge in [0.05, 0.1) is 5.56 Å². The van der Waals surface area contributed by atoms with Crippen LogP contribution in [0.4, 0.5) is 0 Å². The first-order valence-corrected chi connectivity index (χ1v) is 19.9. The Balaban J connectivity index is 1.11. The molecule has 0 bridgehead atoms. The van der Waals surface area contributed by atoms with Gasteiger partial charge in [-0.2, -0.15) is 0 Å². The zero-order chi connectivity index (χ0) is 38.6. The van der Waals surface area contributed by atoms with Crippen LogP contribution in [0.3, 0.4) is 0 Å². The normalized spacial score (nSPS) is 13.6. The Bertz CT molecular complexity index is 3200. The van der Waals surface area contributed by atoms with E-state index in [1.54, 1.807) is 0 Å². The number of para-hydroxylation sites is 1. The maximum Gasteiger partial charge on any atom is 0.167 e. The molecule has 4 nitrogen and oxygen atoms in total. The van der Waals surface area contributed by atoms with Gasteiger partial charge in [0.2, 0.25) is 0 Å². The third-order valence-corrected chi connectivity index (χ3v) is 11.5. The van der Waals surface area contributed by atoms with Crippen molar-refractivity contribution in [2.75, 3.05) is 0 Å². The fraction of sp³-hybridized carbons (Fsp3) is 0.0556. The molecule has 1 unspecified atom stereocenters. The van der Waals surface area contributed by atoms with E-state index < -0.39 is 0 Å². The fourth-order valence-electron chi connectivity index (χ4n) is 8.56. The van der Waals surface area contributed by atoms with Gasteiger partial charge in [-0.3, -0.25) is 0 Å². The van der Waals surface area contributed by atoms with Gasteiger partial charge in [0.25, 0.3) is 0 Å². The maximum atomic E-state index is 6.68. The van der Waals surface area contributed by atoms with Crippen molar-refractivity contribution in [1.29, 1.82) is 0 Å². The van der Waals surface area contributed by atoms with E-state index in [0.717, 1.165) is 72.7 Å². The standard InChI is InChI=1S/C54H37N3O/c1-34-23-30-44-45-21-12-22-47(51(45)58-50(44)31-34)53-55-52(46-20-11-8-17-41(46)38-15-6-3-7-16-38)56-54(57-53)49-33-40-29-28-39(32-48(40)42-18-9-10-19-43(42)49)37-26-24-36(25-27-37)35-13-4-2-5-14-35/h2-30,32-34H,31H2,1H3. The number of allylic oxidation sites excluding steroid dienone is 1. The molecule has 0 N–H and O–H groups in total. The molecule has 10 aromatic rings. The van der Waals surface area contributed by atoms with Crippen LogP contribution < -0.4 is 0 Å². The number of hydrogen-bond acceptors (Lipinski definition) is 4. The van der Waals surface area contributed by atoms with Crippen molar-refractivity contribution < 1.29 is 4.42 Å². The zero-order valence-corrected chi connectivity index (χ0v) is 31.9. The third kappa shape index (κ3) is 5.89. The van der Waals surface area contributed by atoms with Gasteiger partial charge < -0.3 is 4.42 Å². The van der Waals surface area contributed by atoms with Crippen LogP contribution >= 0.6 is 0 Å². The molecule has 0 saturated heterocycles. The van der Waals surface area contributed by atoms with Gasteiger partial charge in [0, 0.05) is 28.5 Å². The Labute approximate surface area is 336 Å². The second-order valence-electron chi connectivity index (χ2n) is 15.2. The Morgan fingerprint density at radius 3 is 1.74 bits per heavy atom. The Morgan fingerprint density at radius 2 is 0.983 bits per heavy atom. The molecule has 1 aliphatic carbocycles. The Morgan fingerprint density at radius 1 is 0.431 bits per heavy atom. The molecule has 0 saturated carbocycles. The maximum absolute atomic E-state index is 6.68. The van der Waals surface area contributed by atoms with E-state index in [0.29, 0.717) is 23.4 Å². The number of rotatable bonds is 6. The van der Waals surface area contributed by atoms with Crippen molar-refractivity contribution in [3.63, 3.8) is 0 Å². The van der Waals surface area contributed by atoms with Crippen LogP contribution in [0.25, 0.3) is 106 Å². The lowest BCUT2D eigenvalue weighted by Gasteiger charge is -2.15. The van der Waals surface area contributed by atoms with Crippen LogP contribution in [0.2, 0.25) is 0 Å². The summed E-state index contributed by atoms with van der Waals surface area (Å²) in [4.78, 5) is 15.9. The quantitative estimate of drug-likeness (QED) is 0.159. The molecule has 0 fully saturated rings. The van der Waals surface area contributed by atoms with Crippen molar-refractivity contribution in [3.05, 3.63) is 193 Å². The minimum atomic E-state index is 0.416. The highest BCUT2D eigenvalue weighted by Crippen LogP contribution is 2.41. The average molecular weight is 744 g/mol. The van der Waals surface area contributed by atoms with Crippen molar-refractivity contribution in [1.82, 2.24) is 15.0 Å². The number of benzene rings is 8. The number of furan rings is 1. The molecule has 58 heavy (non-hydrogen) atoms. The van der Waals surface area contributed by atoms with E-state index in [9.17, 15) is 0 Å². The largest absolute Gasteiger partial charge is 0.460 e. The molecule has 0 radical (unpaired) electrons. The first-order chi connectivity index (χ1) is 28.6. The minimum Gasteiger partial charge on any atom is -0.460 e. The lowest BCUT2D eigenvalue weighted by molar-refractivity contribution is 0.514. The molecule has 0 spiro atoms. The molecule has 2 heterocycles. The summed E-state index contributed by atoms with van der Waals surface area (Å²) in [5.74, 6) is 3.23. The summed E-state index contributed by atoms with van der Waals surface area (Å²) in [7, 11) is 0. The summed E-state index contributed by atoms with van der Waals surface area (Å²) in [6, 6.07) is 62.1. The van der Waals surface area contributed by atoms with Gasteiger partial charge in [-0.05, 0) is 79.0 Å². The van der Waals surface area contributed by atoms with Crippen molar-refractivity contribution in [3.8, 4) is 67.5 Å². The Kier molecular flexibility index (Phi) is 8.14. The molecule has 1 aliphatic rings. The highest BCUT2D eigenvalue weighted by molar-refractivity contribution is 6.14. The lowest BCUT2D eigenvalue weighted by Crippen LogP contribution is -2.02. The topological polar surface area (TPSA) is 51.8 Å². The van der Waals surface area contributed by atoms with Gasteiger partial charge in [-0.1, -0.05) is 177 Å².